The standard InChI is InChI=1S/C19H21BrFN3O3S/c20-14-5-10-18(17(21)13-14)23-28(26,27)16-8-6-15(7-9-16)22-19(25)24-11-3-1-2-4-12-24/h5-10,13,23H,1-4,11-12H2,(H,22,25). The maximum Gasteiger partial charge on any atom is 0.321 e. The number of hydrogen-bond donors (Lipinski definition) is 2. The third kappa shape index (κ3) is 5.23. The molecule has 0 aromatic heterocycles. The highest BCUT2D eigenvalue weighted by molar-refractivity contribution is 9.10. The van der Waals surface area contributed by atoms with Crippen molar-refractivity contribution < 1.29 is 17.6 Å². The zero-order valence-corrected chi connectivity index (χ0v) is 17.5. The highest BCUT2D eigenvalue weighted by atomic mass is 79.9. The Morgan fingerprint density at radius 2 is 1.64 bits per heavy atom. The molecule has 0 atom stereocenters. The summed E-state index contributed by atoms with van der Waals surface area (Å²) in [5, 5.41) is 2.79. The Hall–Kier alpha value is -2.13. The molecule has 3 rings (SSSR count). The van der Waals surface area contributed by atoms with Gasteiger partial charge >= 0.3 is 6.03 Å². The topological polar surface area (TPSA) is 78.5 Å². The van der Waals surface area contributed by atoms with Crippen LogP contribution < -0.4 is 10.0 Å². The molecule has 2 N–H and O–H groups in total. The van der Waals surface area contributed by atoms with E-state index in [0.717, 1.165) is 38.8 Å². The van der Waals surface area contributed by atoms with Gasteiger partial charge in [-0.1, -0.05) is 28.8 Å². The van der Waals surface area contributed by atoms with Gasteiger partial charge in [-0.3, -0.25) is 4.72 Å². The highest BCUT2D eigenvalue weighted by Gasteiger charge is 2.18. The van der Waals surface area contributed by atoms with Crippen LogP contribution >= 0.6 is 15.9 Å². The number of hydrogen-bond acceptors (Lipinski definition) is 3. The third-order valence-corrected chi connectivity index (χ3v) is 6.36. The van der Waals surface area contributed by atoms with Gasteiger partial charge in [-0.2, -0.15) is 0 Å². The largest absolute Gasteiger partial charge is 0.325 e. The Morgan fingerprint density at radius 3 is 2.25 bits per heavy atom. The molecule has 9 heteroatoms. The van der Waals surface area contributed by atoms with Crippen LogP contribution in [0.15, 0.2) is 51.8 Å². The van der Waals surface area contributed by atoms with Crippen molar-refractivity contribution in [2.75, 3.05) is 23.1 Å². The van der Waals surface area contributed by atoms with Crippen LogP contribution in [0.3, 0.4) is 0 Å². The summed E-state index contributed by atoms with van der Waals surface area (Å²) in [5.41, 5.74) is 0.366. The van der Waals surface area contributed by atoms with E-state index in [1.165, 1.54) is 36.4 Å². The van der Waals surface area contributed by atoms with Crippen LogP contribution in [0.25, 0.3) is 0 Å². The van der Waals surface area contributed by atoms with E-state index >= 15 is 0 Å². The van der Waals surface area contributed by atoms with E-state index in [0.29, 0.717) is 10.2 Å². The SMILES string of the molecule is O=C(Nc1ccc(S(=O)(=O)Nc2ccc(Br)cc2F)cc1)N1CCCCCC1. The van der Waals surface area contributed by atoms with Crippen LogP contribution in [0, 0.1) is 5.82 Å². The lowest BCUT2D eigenvalue weighted by Gasteiger charge is -2.20. The number of nitrogens with zero attached hydrogens (tertiary/aromatic N) is 1. The van der Waals surface area contributed by atoms with Crippen molar-refractivity contribution in [1.29, 1.82) is 0 Å². The van der Waals surface area contributed by atoms with Gasteiger partial charge < -0.3 is 10.2 Å². The van der Waals surface area contributed by atoms with Gasteiger partial charge in [0.25, 0.3) is 10.0 Å². The number of nitrogens with one attached hydrogen (secondary N) is 2. The average Bonchev–Trinajstić information content (AvgIpc) is 2.94. The van der Waals surface area contributed by atoms with Crippen LogP contribution in [0.2, 0.25) is 0 Å². The van der Waals surface area contributed by atoms with Crippen molar-refractivity contribution in [3.63, 3.8) is 0 Å². The first kappa shape index (κ1) is 20.6. The van der Waals surface area contributed by atoms with Crippen LogP contribution in [0.5, 0.6) is 0 Å². The number of rotatable bonds is 4. The fraction of sp³-hybridized carbons (Fsp3) is 0.316. The lowest BCUT2D eigenvalue weighted by Crippen LogP contribution is -2.35. The molecule has 0 saturated carbocycles. The van der Waals surface area contributed by atoms with Gasteiger partial charge in [-0.15, -0.1) is 0 Å². The second-order valence-electron chi connectivity index (χ2n) is 6.59. The van der Waals surface area contributed by atoms with Gasteiger partial charge in [0.2, 0.25) is 0 Å². The van der Waals surface area contributed by atoms with Gasteiger partial charge in [-0.25, -0.2) is 17.6 Å². The van der Waals surface area contributed by atoms with Crippen molar-refractivity contribution in [2.24, 2.45) is 0 Å². The molecule has 1 saturated heterocycles. The molecule has 0 aliphatic carbocycles. The number of urea groups is 1. The molecule has 1 aliphatic rings. The van der Waals surface area contributed by atoms with E-state index in [2.05, 4.69) is 26.0 Å². The summed E-state index contributed by atoms with van der Waals surface area (Å²) >= 11 is 3.13. The average molecular weight is 470 g/mol. The number of likely N-dealkylation sites (tertiary alicyclic amines) is 1. The molecule has 0 unspecified atom stereocenters. The molecule has 2 aromatic rings. The highest BCUT2D eigenvalue weighted by Crippen LogP contribution is 2.23. The second-order valence-corrected chi connectivity index (χ2v) is 9.18. The lowest BCUT2D eigenvalue weighted by molar-refractivity contribution is 0.214. The Labute approximate surface area is 172 Å². The summed E-state index contributed by atoms with van der Waals surface area (Å²) in [6, 6.07) is 9.65. The Bertz CT molecular complexity index is 943. The maximum absolute atomic E-state index is 13.9. The van der Waals surface area contributed by atoms with E-state index in [4.69, 9.17) is 0 Å². The van der Waals surface area contributed by atoms with Gasteiger partial charge in [0.1, 0.15) is 5.82 Å². The van der Waals surface area contributed by atoms with Gasteiger partial charge in [-0.05, 0) is 55.3 Å². The summed E-state index contributed by atoms with van der Waals surface area (Å²) < 4.78 is 41.6. The molecule has 0 spiro atoms. The predicted octanol–water partition coefficient (Wildman–Crippen LogP) is 4.80. The fourth-order valence-corrected chi connectivity index (χ4v) is 4.37. The monoisotopic (exact) mass is 469 g/mol. The van der Waals surface area contributed by atoms with E-state index in [1.54, 1.807) is 11.0 Å². The smallest absolute Gasteiger partial charge is 0.321 e. The van der Waals surface area contributed by atoms with E-state index in [1.807, 2.05) is 0 Å². The zero-order chi connectivity index (χ0) is 20.1. The summed E-state index contributed by atoms with van der Waals surface area (Å²) in [6.45, 7) is 1.45. The van der Waals surface area contributed by atoms with Crippen molar-refractivity contribution in [1.82, 2.24) is 4.90 Å². The minimum atomic E-state index is -3.95. The van der Waals surface area contributed by atoms with Crippen LogP contribution in [0.4, 0.5) is 20.6 Å². The van der Waals surface area contributed by atoms with Crippen LogP contribution in [-0.4, -0.2) is 32.4 Å². The van der Waals surface area contributed by atoms with E-state index < -0.39 is 15.8 Å². The summed E-state index contributed by atoms with van der Waals surface area (Å²) in [4.78, 5) is 14.1. The first-order chi connectivity index (χ1) is 13.3. The first-order valence-electron chi connectivity index (χ1n) is 8.99. The minimum Gasteiger partial charge on any atom is -0.325 e. The molecule has 28 heavy (non-hydrogen) atoms. The number of benzene rings is 2. The summed E-state index contributed by atoms with van der Waals surface area (Å²) in [5.74, 6) is -0.681. The molecular formula is C19H21BrFN3O3S. The molecule has 0 bridgehead atoms. The van der Waals surface area contributed by atoms with Crippen molar-refractivity contribution in [2.45, 2.75) is 30.6 Å². The number of carbonyl (C=O) groups is 1. The first-order valence-corrected chi connectivity index (χ1v) is 11.3. The third-order valence-electron chi connectivity index (χ3n) is 4.48. The number of halogens is 2. The molecule has 1 heterocycles. The molecule has 0 radical (unpaired) electrons. The number of amides is 2. The molecular weight excluding hydrogens is 449 g/mol. The quantitative estimate of drug-likeness (QED) is 0.674. The summed E-state index contributed by atoms with van der Waals surface area (Å²) in [6.07, 6.45) is 4.23. The van der Waals surface area contributed by atoms with Crippen molar-refractivity contribution in [3.8, 4) is 0 Å². The molecule has 150 valence electrons. The Kier molecular flexibility index (Phi) is 6.56. The maximum atomic E-state index is 13.9. The zero-order valence-electron chi connectivity index (χ0n) is 15.1. The van der Waals surface area contributed by atoms with Crippen LogP contribution in [-0.2, 0) is 10.0 Å². The minimum absolute atomic E-state index is 0.0254. The Morgan fingerprint density at radius 1 is 1.00 bits per heavy atom. The molecule has 2 aromatic carbocycles. The van der Waals surface area contributed by atoms with E-state index in [9.17, 15) is 17.6 Å². The Balaban J connectivity index is 1.68. The molecule has 1 fully saturated rings. The normalized spacial score (nSPS) is 15.0. The molecule has 2 amide bonds. The number of anilines is 2. The van der Waals surface area contributed by atoms with Gasteiger partial charge in [0, 0.05) is 23.2 Å². The van der Waals surface area contributed by atoms with Crippen molar-refractivity contribution in [3.05, 3.63) is 52.8 Å². The number of sulfonamides is 1. The van der Waals surface area contributed by atoms with Crippen LogP contribution in [0.1, 0.15) is 25.7 Å². The molecule has 1 aliphatic heterocycles. The van der Waals surface area contributed by atoms with E-state index in [-0.39, 0.29) is 16.6 Å². The predicted molar refractivity (Wildman–Crippen MR) is 110 cm³/mol. The molecule has 6 nitrogen and oxygen atoms in total. The second kappa shape index (κ2) is 8.91. The lowest BCUT2D eigenvalue weighted by atomic mass is 10.2. The van der Waals surface area contributed by atoms with Gasteiger partial charge in [0.15, 0.2) is 0 Å². The fourth-order valence-electron chi connectivity index (χ4n) is 2.97. The number of carbonyl (C=O) groups excluding carboxylic acids is 1. The van der Waals surface area contributed by atoms with Crippen molar-refractivity contribution >= 4 is 43.4 Å². The summed E-state index contributed by atoms with van der Waals surface area (Å²) in [7, 11) is -3.95. The van der Waals surface area contributed by atoms with Gasteiger partial charge in [0.05, 0.1) is 10.6 Å².